The number of carbonyl (C=O) groups is 1. The largest absolute Gasteiger partial charge is 0.485 e. The number of para-hydroxylation sites is 1. The van der Waals surface area contributed by atoms with E-state index in [2.05, 4.69) is 26.6 Å². The lowest BCUT2D eigenvalue weighted by molar-refractivity contribution is -0.113. The summed E-state index contributed by atoms with van der Waals surface area (Å²) in [6.45, 7) is 7.10. The average Bonchev–Trinajstić information content (AvgIpc) is 3.35. The molecular formula is C22H23N5O2S2. The number of amides is 1. The molecule has 0 fully saturated rings. The van der Waals surface area contributed by atoms with Gasteiger partial charge in [0, 0.05) is 6.54 Å². The summed E-state index contributed by atoms with van der Waals surface area (Å²) in [5, 5.41) is 12.7. The highest BCUT2D eigenvalue weighted by Crippen LogP contribution is 2.26. The fourth-order valence-corrected chi connectivity index (χ4v) is 4.77. The van der Waals surface area contributed by atoms with Gasteiger partial charge in [-0.15, -0.1) is 10.2 Å². The van der Waals surface area contributed by atoms with Gasteiger partial charge in [-0.05, 0) is 50.1 Å². The molecule has 1 N–H and O–H groups in total. The van der Waals surface area contributed by atoms with E-state index in [0.29, 0.717) is 23.4 Å². The lowest BCUT2D eigenvalue weighted by atomic mass is 10.1. The maximum absolute atomic E-state index is 12.4. The zero-order valence-electron chi connectivity index (χ0n) is 17.6. The SMILES string of the molecule is CCn1c(COc2cc(C)ccc2C)nnc1SCC(=O)Nc1nc2ccccc2s1. The maximum atomic E-state index is 12.4. The number of hydrogen-bond acceptors (Lipinski definition) is 7. The van der Waals surface area contributed by atoms with Crippen LogP contribution >= 0.6 is 23.1 Å². The number of rotatable bonds is 8. The van der Waals surface area contributed by atoms with Gasteiger partial charge in [0.25, 0.3) is 0 Å². The number of fused-ring (bicyclic) bond motifs is 1. The van der Waals surface area contributed by atoms with Gasteiger partial charge in [0.2, 0.25) is 5.91 Å². The molecule has 0 atom stereocenters. The monoisotopic (exact) mass is 453 g/mol. The molecule has 2 heterocycles. The minimum absolute atomic E-state index is 0.122. The number of thiazole rings is 1. The summed E-state index contributed by atoms with van der Waals surface area (Å²) in [5.74, 6) is 1.68. The zero-order valence-corrected chi connectivity index (χ0v) is 19.2. The van der Waals surface area contributed by atoms with Crippen molar-refractivity contribution in [1.29, 1.82) is 0 Å². The second kappa shape index (κ2) is 9.49. The second-order valence-electron chi connectivity index (χ2n) is 7.02. The highest BCUT2D eigenvalue weighted by Gasteiger charge is 2.15. The van der Waals surface area contributed by atoms with Crippen molar-refractivity contribution in [2.24, 2.45) is 0 Å². The molecule has 4 rings (SSSR count). The van der Waals surface area contributed by atoms with Gasteiger partial charge in [-0.25, -0.2) is 4.98 Å². The van der Waals surface area contributed by atoms with Gasteiger partial charge >= 0.3 is 0 Å². The summed E-state index contributed by atoms with van der Waals surface area (Å²) in [6.07, 6.45) is 0. The first-order valence-electron chi connectivity index (χ1n) is 9.94. The number of aryl methyl sites for hydroxylation is 2. The highest BCUT2D eigenvalue weighted by atomic mass is 32.2. The first-order chi connectivity index (χ1) is 15.0. The van der Waals surface area contributed by atoms with E-state index in [4.69, 9.17) is 4.74 Å². The number of aromatic nitrogens is 4. The molecule has 2 aromatic carbocycles. The number of nitrogens with one attached hydrogen (secondary N) is 1. The Morgan fingerprint density at radius 3 is 2.84 bits per heavy atom. The molecule has 0 unspecified atom stereocenters. The highest BCUT2D eigenvalue weighted by molar-refractivity contribution is 7.99. The van der Waals surface area contributed by atoms with Crippen LogP contribution in [0.4, 0.5) is 5.13 Å². The summed E-state index contributed by atoms with van der Waals surface area (Å²) < 4.78 is 8.99. The van der Waals surface area contributed by atoms with Crippen molar-refractivity contribution >= 4 is 44.4 Å². The van der Waals surface area contributed by atoms with E-state index in [0.717, 1.165) is 32.9 Å². The Morgan fingerprint density at radius 1 is 1.19 bits per heavy atom. The molecule has 0 spiro atoms. The van der Waals surface area contributed by atoms with Crippen LogP contribution in [0.25, 0.3) is 10.2 Å². The van der Waals surface area contributed by atoms with E-state index in [1.807, 2.05) is 61.7 Å². The van der Waals surface area contributed by atoms with Crippen molar-refractivity contribution < 1.29 is 9.53 Å². The predicted molar refractivity (Wildman–Crippen MR) is 125 cm³/mol. The summed E-state index contributed by atoms with van der Waals surface area (Å²) in [6, 6.07) is 13.9. The zero-order chi connectivity index (χ0) is 21.8. The van der Waals surface area contributed by atoms with Crippen molar-refractivity contribution in [2.45, 2.75) is 39.1 Å². The van der Waals surface area contributed by atoms with Gasteiger partial charge in [-0.2, -0.15) is 0 Å². The van der Waals surface area contributed by atoms with E-state index in [-0.39, 0.29) is 11.7 Å². The third kappa shape index (κ3) is 5.05. The molecule has 2 aromatic heterocycles. The second-order valence-corrected chi connectivity index (χ2v) is 9.00. The molecule has 0 saturated carbocycles. The Hall–Kier alpha value is -2.91. The normalized spacial score (nSPS) is 11.1. The van der Waals surface area contributed by atoms with E-state index in [1.54, 1.807) is 0 Å². The molecule has 31 heavy (non-hydrogen) atoms. The molecule has 0 radical (unpaired) electrons. The predicted octanol–water partition coefficient (Wildman–Crippen LogP) is 4.83. The minimum Gasteiger partial charge on any atom is -0.485 e. The van der Waals surface area contributed by atoms with Crippen LogP contribution in [-0.4, -0.2) is 31.4 Å². The van der Waals surface area contributed by atoms with Crippen LogP contribution in [-0.2, 0) is 17.9 Å². The summed E-state index contributed by atoms with van der Waals surface area (Å²) in [4.78, 5) is 16.8. The molecule has 160 valence electrons. The van der Waals surface area contributed by atoms with E-state index < -0.39 is 0 Å². The molecule has 0 bridgehead atoms. The molecule has 0 aliphatic rings. The van der Waals surface area contributed by atoms with E-state index in [9.17, 15) is 4.79 Å². The number of thioether (sulfide) groups is 1. The van der Waals surface area contributed by atoms with Crippen LogP contribution in [0.1, 0.15) is 23.9 Å². The Labute approximate surface area is 188 Å². The van der Waals surface area contributed by atoms with Crippen molar-refractivity contribution in [3.05, 3.63) is 59.4 Å². The molecule has 0 aliphatic carbocycles. The fourth-order valence-electron chi connectivity index (χ4n) is 3.07. The maximum Gasteiger partial charge on any atom is 0.236 e. The van der Waals surface area contributed by atoms with Crippen LogP contribution in [0.5, 0.6) is 5.75 Å². The number of anilines is 1. The van der Waals surface area contributed by atoms with Gasteiger partial charge in [0.1, 0.15) is 12.4 Å². The first-order valence-corrected chi connectivity index (χ1v) is 11.7. The Balaban J connectivity index is 1.36. The fraction of sp³-hybridized carbons (Fsp3) is 0.273. The Kier molecular flexibility index (Phi) is 6.53. The average molecular weight is 454 g/mol. The molecule has 0 saturated heterocycles. The van der Waals surface area contributed by atoms with Crippen molar-refractivity contribution in [3.63, 3.8) is 0 Å². The Bertz CT molecular complexity index is 1180. The number of nitrogens with zero attached hydrogens (tertiary/aromatic N) is 4. The van der Waals surface area contributed by atoms with Crippen LogP contribution in [0.2, 0.25) is 0 Å². The van der Waals surface area contributed by atoms with Gasteiger partial charge in [0.15, 0.2) is 16.1 Å². The molecule has 4 aromatic rings. The van der Waals surface area contributed by atoms with Crippen molar-refractivity contribution in [3.8, 4) is 5.75 Å². The summed E-state index contributed by atoms with van der Waals surface area (Å²) in [7, 11) is 0. The number of carbonyl (C=O) groups excluding carboxylic acids is 1. The molecule has 9 heteroatoms. The Morgan fingerprint density at radius 2 is 2.03 bits per heavy atom. The van der Waals surface area contributed by atoms with E-state index >= 15 is 0 Å². The lowest BCUT2D eigenvalue weighted by Gasteiger charge is -2.11. The van der Waals surface area contributed by atoms with Gasteiger partial charge in [0.05, 0.1) is 16.0 Å². The topological polar surface area (TPSA) is 81.9 Å². The van der Waals surface area contributed by atoms with Crippen LogP contribution in [0.15, 0.2) is 47.6 Å². The number of ether oxygens (including phenoxy) is 1. The molecule has 0 aliphatic heterocycles. The number of benzene rings is 2. The van der Waals surface area contributed by atoms with Crippen LogP contribution < -0.4 is 10.1 Å². The minimum atomic E-state index is -0.122. The van der Waals surface area contributed by atoms with E-state index in [1.165, 1.54) is 23.1 Å². The molecular weight excluding hydrogens is 430 g/mol. The third-order valence-electron chi connectivity index (χ3n) is 4.68. The van der Waals surface area contributed by atoms with Crippen molar-refractivity contribution in [2.75, 3.05) is 11.1 Å². The molecule has 7 nitrogen and oxygen atoms in total. The van der Waals surface area contributed by atoms with Gasteiger partial charge in [-0.3, -0.25) is 4.79 Å². The first kappa shape index (κ1) is 21.3. The van der Waals surface area contributed by atoms with Crippen molar-refractivity contribution in [1.82, 2.24) is 19.7 Å². The summed E-state index contributed by atoms with van der Waals surface area (Å²) in [5.41, 5.74) is 3.11. The molecule has 1 amide bonds. The standard InChI is InChI=1S/C22H23N5O2S2/c1-4-27-19(12-29-17-11-14(2)9-10-15(17)3)25-26-22(27)30-13-20(28)24-21-23-16-7-5-6-8-18(16)31-21/h5-11H,4,12-13H2,1-3H3,(H,23,24,28). The quantitative estimate of drug-likeness (QED) is 0.385. The lowest BCUT2D eigenvalue weighted by Crippen LogP contribution is -2.14. The third-order valence-corrected chi connectivity index (χ3v) is 6.60. The summed E-state index contributed by atoms with van der Waals surface area (Å²) >= 11 is 2.82. The van der Waals surface area contributed by atoms with Crippen LogP contribution in [0.3, 0.4) is 0 Å². The van der Waals surface area contributed by atoms with Gasteiger partial charge in [-0.1, -0.05) is 47.4 Å². The van der Waals surface area contributed by atoms with Gasteiger partial charge < -0.3 is 14.6 Å². The smallest absolute Gasteiger partial charge is 0.236 e. The number of hydrogen-bond donors (Lipinski definition) is 1. The van der Waals surface area contributed by atoms with Crippen LogP contribution in [0, 0.1) is 13.8 Å².